The second kappa shape index (κ2) is 5.11. The summed E-state index contributed by atoms with van der Waals surface area (Å²) < 4.78 is 5.47. The second-order valence-electron chi connectivity index (χ2n) is 6.99. The third kappa shape index (κ3) is 2.31. The highest BCUT2D eigenvalue weighted by molar-refractivity contribution is 6.33. The summed E-state index contributed by atoms with van der Waals surface area (Å²) in [7, 11) is 0. The number of H-pyrrole nitrogens is 1. The first-order valence-corrected chi connectivity index (χ1v) is 8.20. The first-order valence-electron chi connectivity index (χ1n) is 7.83. The van der Waals surface area contributed by atoms with E-state index in [4.69, 9.17) is 21.6 Å². The number of carbonyl (C=O) groups is 1. The molecule has 9 heteroatoms. The number of rotatable bonds is 3. The van der Waals surface area contributed by atoms with Gasteiger partial charge in [-0.05, 0) is 19.3 Å². The highest BCUT2D eigenvalue weighted by atomic mass is 35.5. The highest BCUT2D eigenvalue weighted by Crippen LogP contribution is 2.66. The Morgan fingerprint density at radius 2 is 2.29 bits per heavy atom. The molecule has 2 heterocycles. The standard InChI is InChI=1S/C15H16ClN5O3/c16-11-10(3-18-20-12(11)22)21-2-1-9(4-21)24-13(23)19-15-5-14(6-15,7-15)8-17/h3,9H,1-2,4-7H2,(H,19,23)(H,20,22)/t9-,14?,15?/m1/s1. The molecule has 4 aliphatic rings. The lowest BCUT2D eigenvalue weighted by atomic mass is 9.40. The lowest BCUT2D eigenvalue weighted by molar-refractivity contribution is -0.107. The number of nitrogens with zero attached hydrogens (tertiary/aromatic N) is 3. The van der Waals surface area contributed by atoms with Crippen molar-refractivity contribution in [3.8, 4) is 6.07 Å². The zero-order chi connectivity index (χ0) is 16.9. The van der Waals surface area contributed by atoms with E-state index in [1.165, 1.54) is 6.20 Å². The van der Waals surface area contributed by atoms with Crippen LogP contribution in [0.2, 0.25) is 5.02 Å². The quantitative estimate of drug-likeness (QED) is 0.847. The molecule has 1 saturated heterocycles. The van der Waals surface area contributed by atoms with E-state index in [0.29, 0.717) is 25.2 Å². The maximum Gasteiger partial charge on any atom is 0.407 e. The largest absolute Gasteiger partial charge is 0.444 e. The van der Waals surface area contributed by atoms with Gasteiger partial charge in [0.25, 0.3) is 5.56 Å². The first-order chi connectivity index (χ1) is 11.4. The lowest BCUT2D eigenvalue weighted by Crippen LogP contribution is -2.74. The van der Waals surface area contributed by atoms with Crippen molar-refractivity contribution >= 4 is 23.4 Å². The minimum absolute atomic E-state index is 0.0887. The maximum absolute atomic E-state index is 12.1. The second-order valence-corrected chi connectivity index (χ2v) is 7.37. The molecule has 5 rings (SSSR count). The minimum atomic E-state index is -0.441. The number of anilines is 1. The van der Waals surface area contributed by atoms with Crippen molar-refractivity contribution in [3.05, 3.63) is 21.6 Å². The molecule has 8 nitrogen and oxygen atoms in total. The number of amides is 1. The Bertz CT molecular complexity index is 781. The smallest absolute Gasteiger partial charge is 0.407 e. The molecule has 126 valence electrons. The van der Waals surface area contributed by atoms with Gasteiger partial charge in [0.05, 0.1) is 29.9 Å². The van der Waals surface area contributed by atoms with Gasteiger partial charge >= 0.3 is 6.09 Å². The van der Waals surface area contributed by atoms with E-state index >= 15 is 0 Å². The summed E-state index contributed by atoms with van der Waals surface area (Å²) in [6, 6.07) is 2.30. The predicted octanol–water partition coefficient (Wildman–Crippen LogP) is 1.17. The summed E-state index contributed by atoms with van der Waals surface area (Å²) >= 11 is 6.00. The van der Waals surface area contributed by atoms with Gasteiger partial charge < -0.3 is 15.0 Å². The fourth-order valence-corrected chi connectivity index (χ4v) is 4.28. The number of alkyl carbamates (subject to hydrolysis) is 1. The molecule has 2 N–H and O–H groups in total. The van der Waals surface area contributed by atoms with Crippen LogP contribution in [0, 0.1) is 16.7 Å². The molecule has 24 heavy (non-hydrogen) atoms. The Morgan fingerprint density at radius 3 is 3.00 bits per heavy atom. The Morgan fingerprint density at radius 1 is 1.54 bits per heavy atom. The fraction of sp³-hybridized carbons (Fsp3) is 0.600. The van der Waals surface area contributed by atoms with Gasteiger partial charge in [-0.15, -0.1) is 0 Å². The van der Waals surface area contributed by atoms with E-state index in [-0.39, 0.29) is 22.1 Å². The molecular formula is C15H16ClN5O3. The molecule has 0 unspecified atom stereocenters. The van der Waals surface area contributed by atoms with Crippen molar-refractivity contribution in [1.82, 2.24) is 15.5 Å². The van der Waals surface area contributed by atoms with Crippen molar-refractivity contribution in [2.24, 2.45) is 5.41 Å². The molecule has 0 spiro atoms. The molecule has 1 atom stereocenters. The molecule has 1 aliphatic heterocycles. The third-order valence-corrected chi connectivity index (χ3v) is 5.54. The van der Waals surface area contributed by atoms with Gasteiger partial charge in [0.2, 0.25) is 0 Å². The number of aromatic nitrogens is 2. The molecule has 1 amide bonds. The van der Waals surface area contributed by atoms with Crippen LogP contribution in [0.25, 0.3) is 0 Å². The van der Waals surface area contributed by atoms with Gasteiger partial charge in [-0.25, -0.2) is 9.89 Å². The van der Waals surface area contributed by atoms with Crippen LogP contribution in [0.1, 0.15) is 25.7 Å². The molecule has 0 radical (unpaired) electrons. The van der Waals surface area contributed by atoms with E-state index in [0.717, 1.165) is 19.3 Å². The Hall–Kier alpha value is -2.27. The fourth-order valence-electron chi connectivity index (χ4n) is 4.07. The van der Waals surface area contributed by atoms with Crippen molar-refractivity contribution < 1.29 is 9.53 Å². The van der Waals surface area contributed by atoms with Gasteiger partial charge in [-0.3, -0.25) is 4.79 Å². The minimum Gasteiger partial charge on any atom is -0.444 e. The molecule has 3 saturated carbocycles. The Balaban J connectivity index is 1.31. The van der Waals surface area contributed by atoms with Crippen molar-refractivity contribution in [1.29, 1.82) is 5.26 Å². The number of nitriles is 1. The number of ether oxygens (including phenoxy) is 1. The number of aromatic amines is 1. The van der Waals surface area contributed by atoms with E-state index in [9.17, 15) is 9.59 Å². The summed E-state index contributed by atoms with van der Waals surface area (Å²) in [5, 5.41) is 18.0. The SMILES string of the molecule is N#CC12CC(NC(=O)O[C@@H]3CCN(c4cn[nH]c(=O)c4Cl)C3)(C1)C2. The van der Waals surface area contributed by atoms with Crippen LogP contribution in [-0.4, -0.2) is 41.0 Å². The monoisotopic (exact) mass is 349 g/mol. The van der Waals surface area contributed by atoms with Gasteiger partial charge in [0.15, 0.2) is 0 Å². The number of nitrogens with one attached hydrogen (secondary N) is 2. The van der Waals surface area contributed by atoms with E-state index < -0.39 is 11.7 Å². The molecule has 0 aromatic carbocycles. The average molecular weight is 350 g/mol. The normalized spacial score (nSPS) is 33.2. The van der Waals surface area contributed by atoms with Crippen LogP contribution in [0.15, 0.2) is 11.0 Å². The van der Waals surface area contributed by atoms with E-state index in [2.05, 4.69) is 21.6 Å². The van der Waals surface area contributed by atoms with Gasteiger partial charge in [0.1, 0.15) is 11.1 Å². The van der Waals surface area contributed by atoms with Gasteiger partial charge in [-0.2, -0.15) is 10.4 Å². The Kier molecular flexibility index (Phi) is 3.25. The molecule has 1 aromatic heterocycles. The number of hydrogen-bond acceptors (Lipinski definition) is 6. The van der Waals surface area contributed by atoms with Crippen LogP contribution in [0.4, 0.5) is 10.5 Å². The Labute approximate surface area is 142 Å². The average Bonchev–Trinajstić information content (AvgIpc) is 2.92. The summed E-state index contributed by atoms with van der Waals surface area (Å²) in [6.07, 6.45) is 3.60. The van der Waals surface area contributed by atoms with Crippen LogP contribution < -0.4 is 15.8 Å². The molecule has 4 fully saturated rings. The molecule has 3 aliphatic carbocycles. The summed E-state index contributed by atoms with van der Waals surface area (Å²) in [5.74, 6) is 0. The van der Waals surface area contributed by atoms with E-state index in [1.54, 1.807) is 0 Å². The maximum atomic E-state index is 12.1. The van der Waals surface area contributed by atoms with Crippen LogP contribution in [0.3, 0.4) is 0 Å². The van der Waals surface area contributed by atoms with Crippen molar-refractivity contribution in [2.75, 3.05) is 18.0 Å². The first kappa shape index (κ1) is 15.3. The van der Waals surface area contributed by atoms with E-state index in [1.807, 2.05) is 4.90 Å². The summed E-state index contributed by atoms with van der Waals surface area (Å²) in [4.78, 5) is 25.5. The summed E-state index contributed by atoms with van der Waals surface area (Å²) in [5.41, 5.74) is -0.333. The van der Waals surface area contributed by atoms with Crippen molar-refractivity contribution in [2.45, 2.75) is 37.3 Å². The number of hydrogen-bond donors (Lipinski definition) is 2. The third-order valence-electron chi connectivity index (χ3n) is 5.17. The molecular weight excluding hydrogens is 334 g/mol. The van der Waals surface area contributed by atoms with Gasteiger partial charge in [-0.1, -0.05) is 11.6 Å². The molecule has 2 bridgehead atoms. The number of carbonyl (C=O) groups excluding carboxylic acids is 1. The predicted molar refractivity (Wildman–Crippen MR) is 84.7 cm³/mol. The summed E-state index contributed by atoms with van der Waals surface area (Å²) in [6.45, 7) is 1.10. The van der Waals surface area contributed by atoms with Crippen LogP contribution in [-0.2, 0) is 4.74 Å². The van der Waals surface area contributed by atoms with Gasteiger partial charge in [0, 0.05) is 18.5 Å². The van der Waals surface area contributed by atoms with Crippen molar-refractivity contribution in [3.63, 3.8) is 0 Å². The zero-order valence-electron chi connectivity index (χ0n) is 12.8. The van der Waals surface area contributed by atoms with Crippen LogP contribution in [0.5, 0.6) is 0 Å². The highest BCUT2D eigenvalue weighted by Gasteiger charge is 2.69. The lowest BCUT2D eigenvalue weighted by Gasteiger charge is -2.66. The number of halogens is 1. The topological polar surface area (TPSA) is 111 Å². The zero-order valence-corrected chi connectivity index (χ0v) is 13.6. The molecule has 1 aromatic rings. The van der Waals surface area contributed by atoms with Crippen LogP contribution >= 0.6 is 11.6 Å².